The van der Waals surface area contributed by atoms with Gasteiger partial charge in [0.1, 0.15) is 17.2 Å². The van der Waals surface area contributed by atoms with Crippen molar-refractivity contribution in [3.05, 3.63) is 126 Å². The van der Waals surface area contributed by atoms with Crippen LogP contribution in [0.2, 0.25) is 0 Å². The van der Waals surface area contributed by atoms with Gasteiger partial charge in [-0.3, -0.25) is 0 Å². The van der Waals surface area contributed by atoms with Gasteiger partial charge in [-0.15, -0.1) is 0 Å². The highest BCUT2D eigenvalue weighted by Crippen LogP contribution is 2.38. The first-order valence-electron chi connectivity index (χ1n) is 14.6. The van der Waals surface area contributed by atoms with Crippen molar-refractivity contribution in [1.29, 1.82) is 0 Å². The molecule has 42 heavy (non-hydrogen) atoms. The van der Waals surface area contributed by atoms with Crippen LogP contribution in [0.25, 0.3) is 32.3 Å². The predicted molar refractivity (Wildman–Crippen MR) is 177 cm³/mol. The van der Waals surface area contributed by atoms with Crippen molar-refractivity contribution in [2.75, 3.05) is 0 Å². The van der Waals surface area contributed by atoms with Crippen LogP contribution in [0, 0.1) is 0 Å². The Labute approximate surface area is 249 Å². The lowest BCUT2D eigenvalue weighted by molar-refractivity contribution is 0.302. The van der Waals surface area contributed by atoms with Crippen molar-refractivity contribution in [3.63, 3.8) is 0 Å². The van der Waals surface area contributed by atoms with Crippen LogP contribution in [0.1, 0.15) is 52.7 Å². The van der Waals surface area contributed by atoms with Crippen LogP contribution >= 0.6 is 0 Å². The second kappa shape index (κ2) is 10.8. The molecule has 0 bridgehead atoms. The van der Waals surface area contributed by atoms with Gasteiger partial charge in [-0.1, -0.05) is 126 Å². The van der Waals surface area contributed by atoms with E-state index in [4.69, 9.17) is 14.0 Å². The molecule has 0 N–H and O–H groups in total. The van der Waals surface area contributed by atoms with Gasteiger partial charge >= 0.3 is 7.32 Å². The molecule has 3 nitrogen and oxygen atoms in total. The molecule has 6 aromatic rings. The molecule has 0 heterocycles. The molecule has 0 aromatic heterocycles. The molecular weight excluding hydrogens is 515 g/mol. The molecule has 0 fully saturated rings. The summed E-state index contributed by atoms with van der Waals surface area (Å²) < 4.78 is 20.0. The standard InChI is InChI=1S/C38H37BO3/c1-37(2,3)31-17-9-11-19-33(31)40-39(41-34-20-12-10-18-32(34)38(4,5)6)42-35-21-13-16-26-22-23-29-24-27-14-7-8-15-28(27)25-30(29)36(26)35/h7-25H,1-6H3. The van der Waals surface area contributed by atoms with E-state index in [1.807, 2.05) is 48.5 Å². The van der Waals surface area contributed by atoms with Gasteiger partial charge in [-0.2, -0.15) is 0 Å². The van der Waals surface area contributed by atoms with E-state index in [9.17, 15) is 0 Å². The fraction of sp³-hybridized carbons (Fsp3) is 0.211. The monoisotopic (exact) mass is 552 g/mol. The Morgan fingerprint density at radius 1 is 0.429 bits per heavy atom. The van der Waals surface area contributed by atoms with Gasteiger partial charge in [0, 0.05) is 5.39 Å². The SMILES string of the molecule is CC(C)(C)c1ccccc1OB(Oc1ccccc1C(C)(C)C)Oc1cccc2ccc3cc4ccccc4cc3c12. The third-order valence-electron chi connectivity index (χ3n) is 7.75. The maximum Gasteiger partial charge on any atom is 0.864 e. The Hall–Kier alpha value is -4.44. The van der Waals surface area contributed by atoms with E-state index in [1.54, 1.807) is 0 Å². The highest BCUT2D eigenvalue weighted by atomic mass is 16.7. The number of fused-ring (bicyclic) bond motifs is 4. The molecule has 0 aliphatic heterocycles. The first kappa shape index (κ1) is 27.7. The minimum Gasteiger partial charge on any atom is -0.489 e. The van der Waals surface area contributed by atoms with Crippen molar-refractivity contribution in [2.24, 2.45) is 0 Å². The van der Waals surface area contributed by atoms with Crippen molar-refractivity contribution < 1.29 is 14.0 Å². The van der Waals surface area contributed by atoms with Gasteiger partial charge in [0.05, 0.1) is 0 Å². The Morgan fingerprint density at radius 2 is 0.881 bits per heavy atom. The maximum absolute atomic E-state index is 6.75. The second-order valence-electron chi connectivity index (χ2n) is 13.0. The quantitative estimate of drug-likeness (QED) is 0.117. The van der Waals surface area contributed by atoms with E-state index in [2.05, 4.69) is 108 Å². The topological polar surface area (TPSA) is 27.7 Å². The minimum atomic E-state index is -1.03. The summed E-state index contributed by atoms with van der Waals surface area (Å²) >= 11 is 0. The molecule has 0 unspecified atom stereocenters. The molecule has 6 rings (SSSR count). The molecule has 0 aliphatic carbocycles. The van der Waals surface area contributed by atoms with E-state index in [1.165, 1.54) is 10.8 Å². The van der Waals surface area contributed by atoms with E-state index < -0.39 is 7.32 Å². The van der Waals surface area contributed by atoms with E-state index in [-0.39, 0.29) is 10.8 Å². The molecule has 6 aromatic carbocycles. The zero-order valence-electron chi connectivity index (χ0n) is 25.3. The van der Waals surface area contributed by atoms with Crippen LogP contribution in [0.5, 0.6) is 17.2 Å². The summed E-state index contributed by atoms with van der Waals surface area (Å²) in [6, 6.07) is 39.7. The highest BCUT2D eigenvalue weighted by Gasteiger charge is 2.35. The van der Waals surface area contributed by atoms with Gasteiger partial charge in [0.15, 0.2) is 0 Å². The summed E-state index contributed by atoms with van der Waals surface area (Å²) in [5, 5.41) is 6.82. The number of rotatable bonds is 6. The lowest BCUT2D eigenvalue weighted by Gasteiger charge is -2.27. The van der Waals surface area contributed by atoms with Crippen molar-refractivity contribution in [3.8, 4) is 17.2 Å². The normalized spacial score (nSPS) is 12.0. The lowest BCUT2D eigenvalue weighted by atomic mass is 9.86. The smallest absolute Gasteiger partial charge is 0.489 e. The maximum atomic E-state index is 6.75. The summed E-state index contributed by atoms with van der Waals surface area (Å²) in [6.45, 7) is 13.1. The van der Waals surface area contributed by atoms with Crippen LogP contribution in [0.4, 0.5) is 0 Å². The van der Waals surface area contributed by atoms with Crippen LogP contribution in [0.15, 0.2) is 115 Å². The van der Waals surface area contributed by atoms with Crippen LogP contribution in [0.3, 0.4) is 0 Å². The first-order chi connectivity index (χ1) is 20.1. The summed E-state index contributed by atoms with van der Waals surface area (Å²) in [5.41, 5.74) is 1.92. The number of benzene rings is 6. The van der Waals surface area contributed by atoms with Gasteiger partial charge in [0.25, 0.3) is 0 Å². The molecule has 0 aliphatic rings. The fourth-order valence-corrected chi connectivity index (χ4v) is 5.63. The zero-order valence-corrected chi connectivity index (χ0v) is 25.3. The van der Waals surface area contributed by atoms with Crippen LogP contribution < -0.4 is 14.0 Å². The Morgan fingerprint density at radius 3 is 1.48 bits per heavy atom. The number of para-hydroxylation sites is 2. The molecule has 0 spiro atoms. The van der Waals surface area contributed by atoms with Crippen molar-refractivity contribution in [1.82, 2.24) is 0 Å². The number of hydrogen-bond acceptors (Lipinski definition) is 3. The van der Waals surface area contributed by atoms with E-state index in [0.717, 1.165) is 44.2 Å². The van der Waals surface area contributed by atoms with E-state index in [0.29, 0.717) is 5.75 Å². The average Bonchev–Trinajstić information content (AvgIpc) is 2.95. The summed E-state index contributed by atoms with van der Waals surface area (Å²) in [4.78, 5) is 0. The Bertz CT molecular complexity index is 1840. The Kier molecular flexibility index (Phi) is 7.10. The Balaban J connectivity index is 1.49. The molecule has 210 valence electrons. The predicted octanol–water partition coefficient (Wildman–Crippen LogP) is 10.3. The minimum absolute atomic E-state index is 0.124. The third kappa shape index (κ3) is 5.54. The third-order valence-corrected chi connectivity index (χ3v) is 7.75. The molecule has 0 amide bonds. The number of hydrogen-bond donors (Lipinski definition) is 0. The largest absolute Gasteiger partial charge is 0.864 e. The molecular formula is C38H37BO3. The van der Waals surface area contributed by atoms with Gasteiger partial charge in [0.2, 0.25) is 0 Å². The van der Waals surface area contributed by atoms with E-state index >= 15 is 0 Å². The fourth-order valence-electron chi connectivity index (χ4n) is 5.63. The molecule has 0 radical (unpaired) electrons. The average molecular weight is 553 g/mol. The van der Waals surface area contributed by atoms with Gasteiger partial charge in [-0.25, -0.2) is 0 Å². The first-order valence-corrected chi connectivity index (χ1v) is 14.6. The summed E-state index contributed by atoms with van der Waals surface area (Å²) in [5.74, 6) is 2.18. The molecule has 0 saturated heterocycles. The second-order valence-corrected chi connectivity index (χ2v) is 13.0. The van der Waals surface area contributed by atoms with Crippen LogP contribution in [-0.2, 0) is 10.8 Å². The van der Waals surface area contributed by atoms with Crippen LogP contribution in [-0.4, -0.2) is 7.32 Å². The highest BCUT2D eigenvalue weighted by molar-refractivity contribution is 6.40. The molecule has 4 heteroatoms. The van der Waals surface area contributed by atoms with Gasteiger partial charge < -0.3 is 14.0 Å². The summed E-state index contributed by atoms with van der Waals surface area (Å²) in [6.07, 6.45) is 0. The van der Waals surface area contributed by atoms with Crippen molar-refractivity contribution in [2.45, 2.75) is 52.4 Å². The van der Waals surface area contributed by atoms with Gasteiger partial charge in [-0.05, 0) is 79.2 Å². The molecule has 0 atom stereocenters. The zero-order chi connectivity index (χ0) is 29.5. The molecule has 0 saturated carbocycles. The lowest BCUT2D eigenvalue weighted by Crippen LogP contribution is -2.38. The van der Waals surface area contributed by atoms with Crippen molar-refractivity contribution >= 4 is 39.6 Å². The summed E-state index contributed by atoms with van der Waals surface area (Å²) in [7, 11) is -1.03.